The molecule has 98 valence electrons. The average Bonchev–Trinajstić information content (AvgIpc) is 2.38. The van der Waals surface area contributed by atoms with Gasteiger partial charge in [-0.3, -0.25) is 4.79 Å². The van der Waals surface area contributed by atoms with E-state index in [1.807, 2.05) is 13.2 Å². The van der Waals surface area contributed by atoms with E-state index in [-0.39, 0.29) is 17.6 Å². The lowest BCUT2D eigenvalue weighted by Gasteiger charge is -2.15. The van der Waals surface area contributed by atoms with Crippen molar-refractivity contribution in [1.29, 1.82) is 0 Å². The molecule has 5 nitrogen and oxygen atoms in total. The highest BCUT2D eigenvalue weighted by molar-refractivity contribution is 7.98. The van der Waals surface area contributed by atoms with E-state index < -0.39 is 5.97 Å². The molecule has 1 atom stereocenters. The van der Waals surface area contributed by atoms with E-state index in [0.29, 0.717) is 5.56 Å². The molecule has 0 aromatic carbocycles. The van der Waals surface area contributed by atoms with Crippen LogP contribution in [0.2, 0.25) is 0 Å². The Labute approximate surface area is 110 Å². The van der Waals surface area contributed by atoms with Crippen LogP contribution in [0.5, 0.6) is 0 Å². The van der Waals surface area contributed by atoms with Gasteiger partial charge in [0, 0.05) is 18.0 Å². The van der Waals surface area contributed by atoms with Gasteiger partial charge in [-0.25, -0.2) is 9.78 Å². The molecule has 0 aliphatic heterocycles. The maximum atomic E-state index is 11.9. The van der Waals surface area contributed by atoms with Crippen LogP contribution in [0, 0.1) is 0 Å². The zero-order valence-corrected chi connectivity index (χ0v) is 11.2. The van der Waals surface area contributed by atoms with Gasteiger partial charge in [-0.15, -0.1) is 0 Å². The molecule has 1 unspecified atom stereocenters. The monoisotopic (exact) mass is 268 g/mol. The van der Waals surface area contributed by atoms with Crippen LogP contribution in [0.3, 0.4) is 0 Å². The van der Waals surface area contributed by atoms with Gasteiger partial charge >= 0.3 is 5.97 Å². The average molecular weight is 268 g/mol. The fourth-order valence-corrected chi connectivity index (χ4v) is 2.11. The molecular formula is C12H16N2O3S. The summed E-state index contributed by atoms with van der Waals surface area (Å²) < 4.78 is 0. The number of amides is 1. The molecule has 1 heterocycles. The molecule has 0 spiro atoms. The molecule has 0 fully saturated rings. The second kappa shape index (κ2) is 7.00. The van der Waals surface area contributed by atoms with Crippen molar-refractivity contribution in [3.8, 4) is 0 Å². The van der Waals surface area contributed by atoms with Crippen molar-refractivity contribution in [3.63, 3.8) is 0 Å². The van der Waals surface area contributed by atoms with Crippen LogP contribution < -0.4 is 5.32 Å². The fraction of sp³-hybridized carbons (Fsp3) is 0.417. The van der Waals surface area contributed by atoms with E-state index in [1.54, 1.807) is 11.8 Å². The van der Waals surface area contributed by atoms with Gasteiger partial charge in [-0.1, -0.05) is 6.92 Å². The minimum Gasteiger partial charge on any atom is -0.477 e. The van der Waals surface area contributed by atoms with E-state index in [2.05, 4.69) is 10.3 Å². The quantitative estimate of drug-likeness (QED) is 0.820. The molecule has 6 heteroatoms. The standard InChI is InChI=1S/C12H16N2O3S/c1-3-9(7-18-2)14-11(15)8-4-5-10(12(16)17)13-6-8/h4-6,9H,3,7H2,1-2H3,(H,14,15)(H,16,17). The summed E-state index contributed by atoms with van der Waals surface area (Å²) in [5.41, 5.74) is 0.308. The summed E-state index contributed by atoms with van der Waals surface area (Å²) in [5.74, 6) is -0.473. The maximum Gasteiger partial charge on any atom is 0.354 e. The first-order valence-corrected chi connectivity index (χ1v) is 6.97. The second-order valence-corrected chi connectivity index (χ2v) is 4.68. The first kappa shape index (κ1) is 14.5. The van der Waals surface area contributed by atoms with Crippen LogP contribution in [0.1, 0.15) is 34.2 Å². The van der Waals surface area contributed by atoms with Gasteiger partial charge in [0.1, 0.15) is 5.69 Å². The number of nitrogens with zero attached hydrogens (tertiary/aromatic N) is 1. The second-order valence-electron chi connectivity index (χ2n) is 3.77. The zero-order valence-electron chi connectivity index (χ0n) is 10.3. The van der Waals surface area contributed by atoms with Crippen molar-refractivity contribution >= 4 is 23.6 Å². The summed E-state index contributed by atoms with van der Waals surface area (Å²) in [7, 11) is 0. The number of thioether (sulfide) groups is 1. The molecule has 0 bridgehead atoms. The van der Waals surface area contributed by atoms with Gasteiger partial charge in [-0.05, 0) is 24.8 Å². The van der Waals surface area contributed by atoms with Crippen molar-refractivity contribution in [1.82, 2.24) is 10.3 Å². The molecule has 0 aliphatic carbocycles. The Morgan fingerprint density at radius 1 is 1.50 bits per heavy atom. The third-order valence-corrected chi connectivity index (χ3v) is 3.18. The SMILES string of the molecule is CCC(CSC)NC(=O)c1ccc(C(=O)O)nc1. The Balaban J connectivity index is 2.69. The Kier molecular flexibility index (Phi) is 5.64. The normalized spacial score (nSPS) is 11.9. The lowest BCUT2D eigenvalue weighted by Crippen LogP contribution is -2.36. The number of aromatic nitrogens is 1. The molecule has 1 amide bonds. The summed E-state index contributed by atoms with van der Waals surface area (Å²) in [5, 5.41) is 11.6. The van der Waals surface area contributed by atoms with Crippen LogP contribution in [-0.4, -0.2) is 40.0 Å². The first-order valence-electron chi connectivity index (χ1n) is 5.57. The van der Waals surface area contributed by atoms with Crippen LogP contribution in [0.4, 0.5) is 0 Å². The molecule has 1 rings (SSSR count). The lowest BCUT2D eigenvalue weighted by molar-refractivity contribution is 0.0689. The number of hydrogen-bond donors (Lipinski definition) is 2. The van der Waals surface area contributed by atoms with Crippen LogP contribution >= 0.6 is 11.8 Å². The maximum absolute atomic E-state index is 11.9. The summed E-state index contributed by atoms with van der Waals surface area (Å²) in [6.07, 6.45) is 4.12. The van der Waals surface area contributed by atoms with Crippen molar-refractivity contribution in [2.75, 3.05) is 12.0 Å². The molecular weight excluding hydrogens is 252 g/mol. The zero-order chi connectivity index (χ0) is 13.5. The number of carboxylic acid groups (broad SMARTS) is 1. The number of hydrogen-bond acceptors (Lipinski definition) is 4. The highest BCUT2D eigenvalue weighted by Gasteiger charge is 2.13. The minimum absolute atomic E-state index is 0.0669. The minimum atomic E-state index is -1.10. The van der Waals surface area contributed by atoms with Crippen molar-refractivity contribution in [3.05, 3.63) is 29.6 Å². The molecule has 2 N–H and O–H groups in total. The molecule has 0 saturated carbocycles. The Bertz CT molecular complexity index is 420. The van der Waals surface area contributed by atoms with E-state index in [1.165, 1.54) is 18.3 Å². The van der Waals surface area contributed by atoms with Crippen LogP contribution in [0.15, 0.2) is 18.3 Å². The number of aromatic carboxylic acids is 1. The summed E-state index contributed by atoms with van der Waals surface area (Å²) in [6.45, 7) is 2.01. The highest BCUT2D eigenvalue weighted by Crippen LogP contribution is 2.05. The number of carbonyl (C=O) groups is 2. The topological polar surface area (TPSA) is 79.3 Å². The largest absolute Gasteiger partial charge is 0.477 e. The third kappa shape index (κ3) is 4.03. The predicted octanol–water partition coefficient (Wildman–Crippen LogP) is 1.65. The number of carbonyl (C=O) groups excluding carboxylic acids is 1. The first-order chi connectivity index (χ1) is 8.58. The molecule has 18 heavy (non-hydrogen) atoms. The van der Waals surface area contributed by atoms with E-state index in [0.717, 1.165) is 12.2 Å². The number of carboxylic acids is 1. The fourth-order valence-electron chi connectivity index (χ4n) is 1.39. The predicted molar refractivity (Wildman–Crippen MR) is 71.1 cm³/mol. The van der Waals surface area contributed by atoms with Gasteiger partial charge in [0.2, 0.25) is 0 Å². The Morgan fingerprint density at radius 3 is 2.67 bits per heavy atom. The van der Waals surface area contributed by atoms with Gasteiger partial charge in [0.05, 0.1) is 5.56 Å². The van der Waals surface area contributed by atoms with Crippen LogP contribution in [-0.2, 0) is 0 Å². The van der Waals surface area contributed by atoms with Crippen molar-refractivity contribution < 1.29 is 14.7 Å². The van der Waals surface area contributed by atoms with Gasteiger partial charge in [-0.2, -0.15) is 11.8 Å². The Hall–Kier alpha value is -1.56. The molecule has 1 aromatic heterocycles. The van der Waals surface area contributed by atoms with Crippen LogP contribution in [0.25, 0.3) is 0 Å². The number of rotatable bonds is 6. The van der Waals surface area contributed by atoms with E-state index in [9.17, 15) is 9.59 Å². The molecule has 0 aliphatic rings. The summed E-state index contributed by atoms with van der Waals surface area (Å²) in [6, 6.07) is 2.91. The number of nitrogens with one attached hydrogen (secondary N) is 1. The number of pyridine rings is 1. The molecule has 0 radical (unpaired) electrons. The van der Waals surface area contributed by atoms with Gasteiger partial charge in [0.25, 0.3) is 5.91 Å². The highest BCUT2D eigenvalue weighted by atomic mass is 32.2. The Morgan fingerprint density at radius 2 is 2.22 bits per heavy atom. The smallest absolute Gasteiger partial charge is 0.354 e. The van der Waals surface area contributed by atoms with Gasteiger partial charge in [0.15, 0.2) is 0 Å². The van der Waals surface area contributed by atoms with Crippen molar-refractivity contribution in [2.24, 2.45) is 0 Å². The summed E-state index contributed by atoms with van der Waals surface area (Å²) in [4.78, 5) is 26.2. The van der Waals surface area contributed by atoms with Crippen molar-refractivity contribution in [2.45, 2.75) is 19.4 Å². The van der Waals surface area contributed by atoms with Gasteiger partial charge < -0.3 is 10.4 Å². The van der Waals surface area contributed by atoms with E-state index >= 15 is 0 Å². The molecule has 1 aromatic rings. The third-order valence-electron chi connectivity index (χ3n) is 2.44. The van der Waals surface area contributed by atoms with E-state index in [4.69, 9.17) is 5.11 Å². The molecule has 0 saturated heterocycles. The summed E-state index contributed by atoms with van der Waals surface area (Å²) >= 11 is 1.67. The lowest BCUT2D eigenvalue weighted by atomic mass is 10.2.